The van der Waals surface area contributed by atoms with Crippen LogP contribution in [-0.2, 0) is 17.9 Å². The Morgan fingerprint density at radius 1 is 1.29 bits per heavy atom. The number of anilines is 1. The molecule has 0 spiro atoms. The number of benzene rings is 1. The van der Waals surface area contributed by atoms with Gasteiger partial charge in [0.1, 0.15) is 12.4 Å². The van der Waals surface area contributed by atoms with E-state index in [1.807, 2.05) is 17.5 Å². The van der Waals surface area contributed by atoms with E-state index in [9.17, 15) is 9.18 Å². The van der Waals surface area contributed by atoms with E-state index in [-0.39, 0.29) is 29.6 Å². The first-order chi connectivity index (χ1) is 20.2. The van der Waals surface area contributed by atoms with Crippen molar-refractivity contribution in [2.75, 3.05) is 25.0 Å². The number of aryl methyl sites for hydroxylation is 1. The number of hydrogen-bond acceptors (Lipinski definition) is 8. The third-order valence-electron chi connectivity index (χ3n) is 7.06. The number of fused-ring (bicyclic) bond motifs is 1. The largest absolute Gasteiger partial charge is 0.350 e. The summed E-state index contributed by atoms with van der Waals surface area (Å²) in [6, 6.07) is 4.40. The molecule has 13 heteroatoms. The van der Waals surface area contributed by atoms with Gasteiger partial charge in [-0.2, -0.15) is 5.10 Å². The first kappa shape index (κ1) is 29.7. The third-order valence-corrected chi connectivity index (χ3v) is 7.66. The zero-order chi connectivity index (χ0) is 29.8. The number of imidazole rings is 1. The number of nitrogens with one attached hydrogen (secondary N) is 3. The molecule has 1 saturated heterocycles. The molecule has 1 fully saturated rings. The summed E-state index contributed by atoms with van der Waals surface area (Å²) in [6.45, 7) is 6.66. The molecule has 4 aromatic rings. The summed E-state index contributed by atoms with van der Waals surface area (Å²) in [6.07, 6.45) is 11.1. The lowest BCUT2D eigenvalue weighted by Crippen LogP contribution is -2.37. The number of carbonyl (C=O) groups is 1. The van der Waals surface area contributed by atoms with Gasteiger partial charge in [0, 0.05) is 53.9 Å². The Hall–Kier alpha value is -3.74. The van der Waals surface area contributed by atoms with Gasteiger partial charge in [-0.25, -0.2) is 14.4 Å². The van der Waals surface area contributed by atoms with Gasteiger partial charge in [0.2, 0.25) is 5.91 Å². The first-order valence-electron chi connectivity index (χ1n) is 13.7. The second-order valence-corrected chi connectivity index (χ2v) is 11.5. The van der Waals surface area contributed by atoms with Gasteiger partial charge < -0.3 is 16.0 Å². The monoisotopic (exact) mass is 609 g/mol. The Morgan fingerprint density at radius 2 is 2.12 bits per heavy atom. The number of rotatable bonds is 10. The number of amides is 1. The lowest BCUT2D eigenvalue weighted by molar-refractivity contribution is -0.122. The Balaban J connectivity index is 1.26. The van der Waals surface area contributed by atoms with Crippen LogP contribution in [0.1, 0.15) is 31.0 Å². The van der Waals surface area contributed by atoms with Crippen molar-refractivity contribution in [1.82, 2.24) is 34.4 Å². The molecule has 3 aromatic heterocycles. The predicted octanol–water partition coefficient (Wildman–Crippen LogP) is 4.94. The van der Waals surface area contributed by atoms with Crippen molar-refractivity contribution in [3.8, 4) is 11.3 Å². The lowest BCUT2D eigenvalue weighted by atomic mass is 10.0. The molecule has 0 radical (unpaired) electrons. The molecule has 220 valence electrons. The highest BCUT2D eigenvalue weighted by Crippen LogP contribution is 2.25. The molecule has 0 saturated carbocycles. The van der Waals surface area contributed by atoms with E-state index >= 15 is 0 Å². The number of piperidine rings is 1. The standard InChI is InChI=1S/C29H33ClFN9OS/c1-18-5-4-8-38(13-18)16-21(32)9-27(42)37-28-29-34-12-25(40(29)14-19(2)36-28)20-10-35-39(15-20)17-26(41)33-11-22-23(30)6-3-7-24(22)31/h3,6-7,9-10,12,14-15,18,32,42H,4-5,8,11,13,16-17H2,1-2H3,(H,33,41)(H,36,37)/b27-9-,32-21?. The highest BCUT2D eigenvalue weighted by molar-refractivity contribution is 7.84. The second kappa shape index (κ2) is 13.1. The van der Waals surface area contributed by atoms with E-state index in [0.717, 1.165) is 36.5 Å². The van der Waals surface area contributed by atoms with Crippen LogP contribution < -0.4 is 10.6 Å². The molecule has 1 aromatic carbocycles. The molecule has 0 bridgehead atoms. The molecule has 1 amide bonds. The molecule has 1 unspecified atom stereocenters. The average Bonchev–Trinajstić information content (AvgIpc) is 3.55. The van der Waals surface area contributed by atoms with Crippen molar-refractivity contribution >= 4 is 47.3 Å². The van der Waals surface area contributed by atoms with Crippen molar-refractivity contribution in [2.45, 2.75) is 39.8 Å². The molecule has 1 aliphatic heterocycles. The third kappa shape index (κ3) is 7.18. The minimum atomic E-state index is -0.471. The van der Waals surface area contributed by atoms with E-state index in [4.69, 9.17) is 17.0 Å². The molecule has 0 aliphatic carbocycles. The predicted molar refractivity (Wildman–Crippen MR) is 165 cm³/mol. The van der Waals surface area contributed by atoms with Gasteiger partial charge in [-0.05, 0) is 50.4 Å². The maximum Gasteiger partial charge on any atom is 0.242 e. The fraction of sp³-hybridized carbons (Fsp3) is 0.345. The number of halogens is 2. The van der Waals surface area contributed by atoms with E-state index in [1.165, 1.54) is 23.2 Å². The molecule has 3 N–H and O–H groups in total. The van der Waals surface area contributed by atoms with Crippen molar-refractivity contribution in [1.29, 1.82) is 5.41 Å². The van der Waals surface area contributed by atoms with Crippen molar-refractivity contribution in [3.05, 3.63) is 76.2 Å². The number of nitrogens with zero attached hydrogens (tertiary/aromatic N) is 6. The molecule has 5 rings (SSSR count). The summed E-state index contributed by atoms with van der Waals surface area (Å²) < 4.78 is 17.4. The maximum atomic E-state index is 14.0. The summed E-state index contributed by atoms with van der Waals surface area (Å²) in [5.41, 5.74) is 3.56. The van der Waals surface area contributed by atoms with Crippen molar-refractivity contribution in [2.24, 2.45) is 5.92 Å². The Labute approximate surface area is 253 Å². The molecule has 1 aliphatic rings. The van der Waals surface area contributed by atoms with Crippen LogP contribution in [0.2, 0.25) is 5.02 Å². The van der Waals surface area contributed by atoms with Crippen LogP contribution in [0.15, 0.2) is 54.1 Å². The topological polar surface area (TPSA) is 116 Å². The van der Waals surface area contributed by atoms with Crippen LogP contribution in [0.4, 0.5) is 10.2 Å². The Morgan fingerprint density at radius 3 is 2.90 bits per heavy atom. The van der Waals surface area contributed by atoms with E-state index < -0.39 is 5.82 Å². The van der Waals surface area contributed by atoms with Crippen LogP contribution in [0.5, 0.6) is 0 Å². The van der Waals surface area contributed by atoms with Crippen LogP contribution >= 0.6 is 24.2 Å². The fourth-order valence-electron chi connectivity index (χ4n) is 5.12. The number of hydrogen-bond donors (Lipinski definition) is 4. The zero-order valence-electron chi connectivity index (χ0n) is 23.4. The van der Waals surface area contributed by atoms with Gasteiger partial charge in [-0.3, -0.25) is 18.8 Å². The number of carbonyl (C=O) groups excluding carboxylic acids is 1. The normalized spacial score (nSPS) is 16.1. The quantitative estimate of drug-likeness (QED) is 0.149. The highest BCUT2D eigenvalue weighted by Gasteiger charge is 2.18. The van der Waals surface area contributed by atoms with Gasteiger partial charge in [0.15, 0.2) is 11.5 Å². The Bertz CT molecular complexity index is 1630. The smallest absolute Gasteiger partial charge is 0.242 e. The number of likely N-dealkylation sites (tertiary alicyclic amines) is 1. The molecule has 42 heavy (non-hydrogen) atoms. The minimum absolute atomic E-state index is 0.0215. The van der Waals surface area contributed by atoms with Crippen molar-refractivity contribution < 1.29 is 9.18 Å². The van der Waals surface area contributed by atoms with E-state index in [0.29, 0.717) is 34.7 Å². The zero-order valence-corrected chi connectivity index (χ0v) is 25.1. The highest BCUT2D eigenvalue weighted by atomic mass is 35.5. The van der Waals surface area contributed by atoms with E-state index in [2.05, 4.69) is 50.2 Å². The van der Waals surface area contributed by atoms with Crippen LogP contribution in [0.25, 0.3) is 16.9 Å². The first-order valence-corrected chi connectivity index (χ1v) is 14.5. The summed E-state index contributed by atoms with van der Waals surface area (Å²) in [4.78, 5) is 24.0. The average molecular weight is 610 g/mol. The summed E-state index contributed by atoms with van der Waals surface area (Å²) in [5.74, 6) is 0.363. The fourth-order valence-corrected chi connectivity index (χ4v) is 5.61. The molecular formula is C29H33ClFN9OS. The SMILES string of the molecule is Cc1cn2c(-c3cnn(CC(=O)NCc4c(F)cccc4Cl)c3)cnc2c(N/C(S)=C/C(=N)CN2CCCC(C)C2)n1. The summed E-state index contributed by atoms with van der Waals surface area (Å²) in [7, 11) is 0. The van der Waals surface area contributed by atoms with Crippen LogP contribution in [-0.4, -0.2) is 60.3 Å². The van der Waals surface area contributed by atoms with Gasteiger partial charge in [-0.15, -0.1) is 12.6 Å². The molecule has 4 heterocycles. The van der Waals surface area contributed by atoms with Gasteiger partial charge in [0.05, 0.1) is 28.8 Å². The summed E-state index contributed by atoms with van der Waals surface area (Å²) >= 11 is 10.6. The van der Waals surface area contributed by atoms with E-state index in [1.54, 1.807) is 30.7 Å². The number of thiol groups is 1. The number of aromatic nitrogens is 5. The van der Waals surface area contributed by atoms with Crippen LogP contribution in [0.3, 0.4) is 0 Å². The maximum absolute atomic E-state index is 14.0. The Kier molecular flexibility index (Phi) is 9.24. The summed E-state index contributed by atoms with van der Waals surface area (Å²) in [5, 5.41) is 19.4. The minimum Gasteiger partial charge on any atom is -0.350 e. The molecular weight excluding hydrogens is 577 g/mol. The van der Waals surface area contributed by atoms with Crippen LogP contribution in [0, 0.1) is 24.1 Å². The van der Waals surface area contributed by atoms with Gasteiger partial charge >= 0.3 is 0 Å². The lowest BCUT2D eigenvalue weighted by Gasteiger charge is -2.30. The van der Waals surface area contributed by atoms with Gasteiger partial charge in [0.25, 0.3) is 0 Å². The molecule has 1 atom stereocenters. The molecule has 10 nitrogen and oxygen atoms in total. The van der Waals surface area contributed by atoms with Crippen molar-refractivity contribution in [3.63, 3.8) is 0 Å². The van der Waals surface area contributed by atoms with Gasteiger partial charge in [-0.1, -0.05) is 24.6 Å². The second-order valence-electron chi connectivity index (χ2n) is 10.6.